The summed E-state index contributed by atoms with van der Waals surface area (Å²) in [5.41, 5.74) is 1.59. The third-order valence-electron chi connectivity index (χ3n) is 3.85. The van der Waals surface area contributed by atoms with Crippen molar-refractivity contribution in [1.29, 1.82) is 0 Å². The lowest BCUT2D eigenvalue weighted by atomic mass is 10.1. The molecule has 0 atom stereocenters. The van der Waals surface area contributed by atoms with E-state index < -0.39 is 11.9 Å². The molecule has 0 radical (unpaired) electrons. The number of nitrogens with zero attached hydrogens (tertiary/aromatic N) is 1. The van der Waals surface area contributed by atoms with Gasteiger partial charge >= 0.3 is 6.03 Å². The van der Waals surface area contributed by atoms with E-state index in [0.29, 0.717) is 11.3 Å². The average Bonchev–Trinajstić information content (AvgIpc) is 2.86. The first kappa shape index (κ1) is 19.1. The maximum atomic E-state index is 13.0. The lowest BCUT2D eigenvalue weighted by Gasteiger charge is -2.12. The Labute approximate surface area is 164 Å². The van der Waals surface area contributed by atoms with Crippen LogP contribution in [0.15, 0.2) is 52.6 Å². The predicted molar refractivity (Wildman–Crippen MR) is 103 cm³/mol. The Morgan fingerprint density at radius 1 is 1.19 bits per heavy atom. The topological polar surface area (TPSA) is 58.6 Å². The minimum atomic E-state index is -0.505. The quantitative estimate of drug-likeness (QED) is 0.559. The molecule has 140 valence electrons. The molecule has 1 N–H and O–H groups in total. The van der Waals surface area contributed by atoms with Crippen LogP contribution in [0.2, 0.25) is 0 Å². The van der Waals surface area contributed by atoms with Crippen LogP contribution in [0.5, 0.6) is 5.75 Å². The van der Waals surface area contributed by atoms with Crippen LogP contribution in [0.4, 0.5) is 9.18 Å². The van der Waals surface area contributed by atoms with Crippen molar-refractivity contribution in [2.75, 3.05) is 0 Å². The van der Waals surface area contributed by atoms with Crippen LogP contribution in [-0.2, 0) is 11.3 Å². The van der Waals surface area contributed by atoms with E-state index in [9.17, 15) is 14.0 Å². The summed E-state index contributed by atoms with van der Waals surface area (Å²) in [6.07, 6.45) is 1.65. The summed E-state index contributed by atoms with van der Waals surface area (Å²) in [4.78, 5) is 25.8. The number of imide groups is 1. The van der Waals surface area contributed by atoms with Crippen molar-refractivity contribution in [3.63, 3.8) is 0 Å². The number of hydrogen-bond donors (Lipinski definition) is 1. The van der Waals surface area contributed by atoms with Crippen molar-refractivity contribution in [3.05, 3.63) is 69.6 Å². The number of amides is 3. The van der Waals surface area contributed by atoms with Gasteiger partial charge in [0.05, 0.1) is 17.1 Å². The molecule has 1 fully saturated rings. The molecule has 0 aliphatic carbocycles. The second-order valence-electron chi connectivity index (χ2n) is 6.36. The van der Waals surface area contributed by atoms with Gasteiger partial charge in [0.1, 0.15) is 17.3 Å². The minimum absolute atomic E-state index is 0.0428. The molecule has 5 nitrogen and oxygen atoms in total. The van der Waals surface area contributed by atoms with E-state index in [1.54, 1.807) is 30.3 Å². The summed E-state index contributed by atoms with van der Waals surface area (Å²) in [6, 6.07) is 10.6. The smallest absolute Gasteiger partial charge is 0.329 e. The van der Waals surface area contributed by atoms with Gasteiger partial charge in [0.2, 0.25) is 0 Å². The van der Waals surface area contributed by atoms with Crippen LogP contribution in [0.3, 0.4) is 0 Å². The second-order valence-corrected chi connectivity index (χ2v) is 7.22. The van der Waals surface area contributed by atoms with E-state index in [1.807, 2.05) is 19.9 Å². The van der Waals surface area contributed by atoms with Crippen LogP contribution < -0.4 is 10.1 Å². The van der Waals surface area contributed by atoms with E-state index in [0.717, 1.165) is 14.9 Å². The van der Waals surface area contributed by atoms with Gasteiger partial charge in [-0.05, 0) is 71.2 Å². The number of urea groups is 1. The van der Waals surface area contributed by atoms with Crippen molar-refractivity contribution >= 4 is 33.9 Å². The van der Waals surface area contributed by atoms with Crippen molar-refractivity contribution in [2.24, 2.45) is 0 Å². The Balaban J connectivity index is 1.77. The number of ether oxygens (including phenoxy) is 1. The molecule has 0 saturated carbocycles. The first-order valence-electron chi connectivity index (χ1n) is 8.38. The molecule has 0 bridgehead atoms. The Morgan fingerprint density at radius 3 is 2.52 bits per heavy atom. The molecule has 3 rings (SSSR count). The lowest BCUT2D eigenvalue weighted by molar-refractivity contribution is -0.123. The first-order chi connectivity index (χ1) is 12.8. The fourth-order valence-corrected chi connectivity index (χ4v) is 3.10. The summed E-state index contributed by atoms with van der Waals surface area (Å²) in [6.45, 7) is 3.95. The normalized spacial score (nSPS) is 15.6. The van der Waals surface area contributed by atoms with Gasteiger partial charge in [-0.2, -0.15) is 0 Å². The minimum Gasteiger partial charge on any atom is -0.490 e. The standard InChI is InChI=1S/C20H18BrFN2O3/c1-12(2)27-18-8-5-14(9-16(18)21)10-17-19(25)24(20(26)23-17)11-13-3-6-15(22)7-4-13/h3-10,12H,11H2,1-2H3,(H,23,26)/b17-10+. The third kappa shape index (κ3) is 4.54. The Kier molecular flexibility index (Phi) is 5.60. The van der Waals surface area contributed by atoms with E-state index in [2.05, 4.69) is 21.2 Å². The van der Waals surface area contributed by atoms with Gasteiger partial charge in [0, 0.05) is 0 Å². The van der Waals surface area contributed by atoms with Gasteiger partial charge < -0.3 is 10.1 Å². The molecule has 1 heterocycles. The van der Waals surface area contributed by atoms with Gasteiger partial charge in [-0.15, -0.1) is 0 Å². The number of hydrogen-bond acceptors (Lipinski definition) is 3. The third-order valence-corrected chi connectivity index (χ3v) is 4.47. The zero-order chi connectivity index (χ0) is 19.6. The highest BCUT2D eigenvalue weighted by molar-refractivity contribution is 9.10. The molecule has 1 aliphatic heterocycles. The predicted octanol–water partition coefficient (Wildman–Crippen LogP) is 4.47. The highest BCUT2D eigenvalue weighted by Crippen LogP contribution is 2.28. The zero-order valence-corrected chi connectivity index (χ0v) is 16.4. The number of halogens is 2. The Bertz CT molecular complexity index is 910. The molecule has 7 heteroatoms. The highest BCUT2D eigenvalue weighted by atomic mass is 79.9. The van der Waals surface area contributed by atoms with E-state index in [1.165, 1.54) is 12.1 Å². The van der Waals surface area contributed by atoms with Gasteiger partial charge in [-0.3, -0.25) is 9.69 Å². The molecule has 1 saturated heterocycles. The summed E-state index contributed by atoms with van der Waals surface area (Å²) in [5, 5.41) is 2.58. The highest BCUT2D eigenvalue weighted by Gasteiger charge is 2.33. The van der Waals surface area contributed by atoms with Crippen molar-refractivity contribution in [3.8, 4) is 5.75 Å². The summed E-state index contributed by atoms with van der Waals surface area (Å²) < 4.78 is 19.4. The molecule has 0 aromatic heterocycles. The molecular formula is C20H18BrFN2O3. The molecular weight excluding hydrogens is 415 g/mol. The molecule has 2 aromatic rings. The second kappa shape index (κ2) is 7.92. The number of benzene rings is 2. The van der Waals surface area contributed by atoms with Crippen LogP contribution in [0, 0.1) is 5.82 Å². The summed E-state index contributed by atoms with van der Waals surface area (Å²) in [7, 11) is 0. The number of carbonyl (C=O) groups excluding carboxylic acids is 2. The van der Waals surface area contributed by atoms with Gasteiger partial charge in [0.15, 0.2) is 0 Å². The van der Waals surface area contributed by atoms with Crippen molar-refractivity contribution in [1.82, 2.24) is 10.2 Å². The molecule has 0 unspecified atom stereocenters. The number of nitrogens with one attached hydrogen (secondary N) is 1. The monoisotopic (exact) mass is 432 g/mol. The summed E-state index contributed by atoms with van der Waals surface area (Å²) in [5.74, 6) is -0.0955. The Morgan fingerprint density at radius 2 is 1.89 bits per heavy atom. The van der Waals surface area contributed by atoms with E-state index in [-0.39, 0.29) is 24.2 Å². The van der Waals surface area contributed by atoms with Crippen molar-refractivity contribution in [2.45, 2.75) is 26.5 Å². The van der Waals surface area contributed by atoms with E-state index in [4.69, 9.17) is 4.74 Å². The fourth-order valence-electron chi connectivity index (χ4n) is 2.61. The van der Waals surface area contributed by atoms with Crippen LogP contribution >= 0.6 is 15.9 Å². The zero-order valence-electron chi connectivity index (χ0n) is 14.8. The first-order valence-corrected chi connectivity index (χ1v) is 9.18. The van der Waals surface area contributed by atoms with E-state index >= 15 is 0 Å². The van der Waals surface area contributed by atoms with Gasteiger partial charge in [0.25, 0.3) is 5.91 Å². The molecule has 1 aliphatic rings. The fraction of sp³-hybridized carbons (Fsp3) is 0.200. The molecule has 0 spiro atoms. The maximum Gasteiger partial charge on any atom is 0.329 e. The van der Waals surface area contributed by atoms with Crippen LogP contribution in [0.25, 0.3) is 6.08 Å². The number of carbonyl (C=O) groups is 2. The SMILES string of the molecule is CC(C)Oc1ccc(/C=C2/NC(=O)N(Cc3ccc(F)cc3)C2=O)cc1Br. The van der Waals surface area contributed by atoms with Crippen LogP contribution in [0.1, 0.15) is 25.0 Å². The average molecular weight is 433 g/mol. The molecule has 3 amide bonds. The maximum absolute atomic E-state index is 13.0. The largest absolute Gasteiger partial charge is 0.490 e. The van der Waals surface area contributed by atoms with Crippen molar-refractivity contribution < 1.29 is 18.7 Å². The summed E-state index contributed by atoms with van der Waals surface area (Å²) >= 11 is 3.45. The van der Waals surface area contributed by atoms with Gasteiger partial charge in [-0.25, -0.2) is 9.18 Å². The molecule has 2 aromatic carbocycles. The lowest BCUT2D eigenvalue weighted by Crippen LogP contribution is -2.30. The Hall–Kier alpha value is -2.67. The molecule has 27 heavy (non-hydrogen) atoms. The number of rotatable bonds is 5. The van der Waals surface area contributed by atoms with Gasteiger partial charge in [-0.1, -0.05) is 18.2 Å². The van der Waals surface area contributed by atoms with Crippen LogP contribution in [-0.4, -0.2) is 22.9 Å².